The van der Waals surface area contributed by atoms with Gasteiger partial charge in [0.2, 0.25) is 17.7 Å². The third-order valence-corrected chi connectivity index (χ3v) is 5.03. The molecule has 0 aliphatic carbocycles. The lowest BCUT2D eigenvalue weighted by molar-refractivity contribution is -0.131. The van der Waals surface area contributed by atoms with Crippen LogP contribution >= 0.6 is 0 Å². The Hall–Kier alpha value is -3.42. The fourth-order valence-corrected chi connectivity index (χ4v) is 3.57. The Bertz CT molecular complexity index is 989. The van der Waals surface area contributed by atoms with Gasteiger partial charge in [0.15, 0.2) is 11.5 Å². The van der Waals surface area contributed by atoms with Gasteiger partial charge in [0.25, 0.3) is 0 Å². The van der Waals surface area contributed by atoms with Crippen molar-refractivity contribution in [2.24, 2.45) is 0 Å². The number of hydrogen-bond acceptors (Lipinski definition) is 7. The van der Waals surface area contributed by atoms with E-state index in [0.29, 0.717) is 29.8 Å². The van der Waals surface area contributed by atoms with Crippen LogP contribution in [-0.2, 0) is 11.2 Å². The van der Waals surface area contributed by atoms with Crippen LogP contribution < -0.4 is 9.47 Å². The second-order valence-corrected chi connectivity index (χ2v) is 6.79. The number of carbonyl (C=O) groups is 1. The smallest absolute Gasteiger partial charge is 0.247 e. The highest BCUT2D eigenvalue weighted by molar-refractivity contribution is 5.79. The molecule has 1 aromatic carbocycles. The molecule has 150 valence electrons. The SMILES string of the molecule is COc1ccc(CC(=O)N2CCCC2c2nnc(-c3ccncc3)o2)cc1OC. The molecule has 3 heterocycles. The van der Waals surface area contributed by atoms with Crippen molar-refractivity contribution in [2.75, 3.05) is 20.8 Å². The Morgan fingerprint density at radius 3 is 2.69 bits per heavy atom. The first-order valence-corrected chi connectivity index (χ1v) is 9.43. The molecular weight excluding hydrogens is 372 g/mol. The highest BCUT2D eigenvalue weighted by Crippen LogP contribution is 2.34. The molecule has 1 amide bonds. The average Bonchev–Trinajstić information content (AvgIpc) is 3.43. The Morgan fingerprint density at radius 2 is 1.93 bits per heavy atom. The molecule has 1 unspecified atom stereocenters. The van der Waals surface area contributed by atoms with E-state index in [1.165, 1.54) is 0 Å². The molecule has 0 N–H and O–H groups in total. The molecule has 4 rings (SSSR count). The van der Waals surface area contributed by atoms with Gasteiger partial charge in [0.1, 0.15) is 6.04 Å². The van der Waals surface area contributed by atoms with Gasteiger partial charge in [-0.3, -0.25) is 9.78 Å². The Labute approximate surface area is 168 Å². The van der Waals surface area contributed by atoms with Crippen molar-refractivity contribution in [2.45, 2.75) is 25.3 Å². The van der Waals surface area contributed by atoms with E-state index in [4.69, 9.17) is 13.9 Å². The van der Waals surface area contributed by atoms with Gasteiger partial charge >= 0.3 is 0 Å². The van der Waals surface area contributed by atoms with E-state index in [1.807, 2.05) is 35.2 Å². The molecule has 1 aliphatic heterocycles. The van der Waals surface area contributed by atoms with Crippen molar-refractivity contribution in [1.29, 1.82) is 0 Å². The van der Waals surface area contributed by atoms with Crippen LogP contribution in [0.3, 0.4) is 0 Å². The standard InChI is InChI=1S/C21H22N4O4/c1-27-17-6-5-14(12-18(17)28-2)13-19(26)25-11-3-4-16(25)21-24-23-20(29-21)15-7-9-22-10-8-15/h5-10,12,16H,3-4,11,13H2,1-2H3. The van der Waals surface area contributed by atoms with Gasteiger partial charge < -0.3 is 18.8 Å². The highest BCUT2D eigenvalue weighted by atomic mass is 16.5. The van der Waals surface area contributed by atoms with Crippen LogP contribution in [0, 0.1) is 0 Å². The second-order valence-electron chi connectivity index (χ2n) is 6.79. The van der Waals surface area contributed by atoms with E-state index < -0.39 is 0 Å². The Morgan fingerprint density at radius 1 is 1.14 bits per heavy atom. The first kappa shape index (κ1) is 18.9. The molecule has 1 fully saturated rings. The molecule has 0 saturated carbocycles. The van der Waals surface area contributed by atoms with E-state index in [0.717, 1.165) is 24.0 Å². The van der Waals surface area contributed by atoms with E-state index in [1.54, 1.807) is 26.6 Å². The minimum atomic E-state index is -0.203. The molecule has 1 atom stereocenters. The Balaban J connectivity index is 1.50. The summed E-state index contributed by atoms with van der Waals surface area (Å²) < 4.78 is 16.5. The number of rotatable bonds is 6. The van der Waals surface area contributed by atoms with Gasteiger partial charge in [-0.2, -0.15) is 0 Å². The maximum absolute atomic E-state index is 13.0. The molecule has 0 bridgehead atoms. The van der Waals surface area contributed by atoms with Crippen LogP contribution in [-0.4, -0.2) is 46.8 Å². The number of pyridine rings is 1. The highest BCUT2D eigenvalue weighted by Gasteiger charge is 2.34. The number of likely N-dealkylation sites (tertiary alicyclic amines) is 1. The third kappa shape index (κ3) is 3.91. The van der Waals surface area contributed by atoms with Crippen LogP contribution in [0.5, 0.6) is 11.5 Å². The van der Waals surface area contributed by atoms with Crippen molar-refractivity contribution in [1.82, 2.24) is 20.1 Å². The van der Waals surface area contributed by atoms with Gasteiger partial charge in [0.05, 0.1) is 20.6 Å². The van der Waals surface area contributed by atoms with Crippen LogP contribution in [0.4, 0.5) is 0 Å². The van der Waals surface area contributed by atoms with E-state index in [2.05, 4.69) is 15.2 Å². The summed E-state index contributed by atoms with van der Waals surface area (Å²) in [5.74, 6) is 2.16. The number of benzene rings is 1. The van der Waals surface area contributed by atoms with E-state index >= 15 is 0 Å². The quantitative estimate of drug-likeness (QED) is 0.635. The number of methoxy groups -OCH3 is 2. The lowest BCUT2D eigenvalue weighted by Crippen LogP contribution is -2.32. The minimum absolute atomic E-state index is 0.0170. The van der Waals surface area contributed by atoms with Crippen LogP contribution in [0.15, 0.2) is 47.1 Å². The number of nitrogens with zero attached hydrogens (tertiary/aromatic N) is 4. The summed E-state index contributed by atoms with van der Waals surface area (Å²) in [7, 11) is 3.16. The summed E-state index contributed by atoms with van der Waals surface area (Å²) in [5, 5.41) is 8.33. The van der Waals surface area contributed by atoms with Gasteiger partial charge in [0, 0.05) is 24.5 Å². The summed E-state index contributed by atoms with van der Waals surface area (Å²) in [6, 6.07) is 8.93. The molecule has 2 aromatic heterocycles. The van der Waals surface area contributed by atoms with Crippen molar-refractivity contribution < 1.29 is 18.7 Å². The predicted octanol–water partition coefficient (Wildman–Crippen LogP) is 3.06. The van der Waals surface area contributed by atoms with Crippen molar-refractivity contribution in [3.63, 3.8) is 0 Å². The summed E-state index contributed by atoms with van der Waals surface area (Å²) in [6.45, 7) is 0.670. The van der Waals surface area contributed by atoms with Gasteiger partial charge in [-0.25, -0.2) is 0 Å². The topological polar surface area (TPSA) is 90.6 Å². The van der Waals surface area contributed by atoms with Crippen LogP contribution in [0.1, 0.15) is 30.3 Å². The number of carbonyl (C=O) groups excluding carboxylic acids is 1. The van der Waals surface area contributed by atoms with Crippen LogP contribution in [0.2, 0.25) is 0 Å². The summed E-state index contributed by atoms with van der Waals surface area (Å²) in [6.07, 6.45) is 5.31. The summed E-state index contributed by atoms with van der Waals surface area (Å²) >= 11 is 0. The van der Waals surface area contributed by atoms with Crippen molar-refractivity contribution >= 4 is 5.91 Å². The summed E-state index contributed by atoms with van der Waals surface area (Å²) in [5.41, 5.74) is 1.67. The zero-order chi connectivity index (χ0) is 20.2. The fraction of sp³-hybridized carbons (Fsp3) is 0.333. The molecule has 0 radical (unpaired) electrons. The monoisotopic (exact) mass is 394 g/mol. The van der Waals surface area contributed by atoms with Gasteiger partial charge in [-0.1, -0.05) is 6.07 Å². The number of aromatic nitrogens is 3. The minimum Gasteiger partial charge on any atom is -0.493 e. The lowest BCUT2D eigenvalue weighted by Gasteiger charge is -2.22. The third-order valence-electron chi connectivity index (χ3n) is 5.03. The number of hydrogen-bond donors (Lipinski definition) is 0. The lowest BCUT2D eigenvalue weighted by atomic mass is 10.1. The first-order valence-electron chi connectivity index (χ1n) is 9.43. The van der Waals surface area contributed by atoms with Crippen molar-refractivity contribution in [3.8, 4) is 23.0 Å². The molecule has 0 spiro atoms. The predicted molar refractivity (Wildman–Crippen MR) is 104 cm³/mol. The van der Waals surface area contributed by atoms with Gasteiger partial charge in [-0.05, 0) is 42.7 Å². The van der Waals surface area contributed by atoms with E-state index in [9.17, 15) is 4.79 Å². The van der Waals surface area contributed by atoms with Crippen LogP contribution in [0.25, 0.3) is 11.5 Å². The number of ether oxygens (including phenoxy) is 2. The summed E-state index contributed by atoms with van der Waals surface area (Å²) in [4.78, 5) is 18.8. The normalized spacial score (nSPS) is 16.1. The molecule has 3 aromatic rings. The molecule has 1 aliphatic rings. The first-order chi connectivity index (χ1) is 14.2. The average molecular weight is 394 g/mol. The second kappa shape index (κ2) is 8.30. The van der Waals surface area contributed by atoms with Gasteiger partial charge in [-0.15, -0.1) is 10.2 Å². The van der Waals surface area contributed by atoms with E-state index in [-0.39, 0.29) is 18.4 Å². The molecule has 1 saturated heterocycles. The molecule has 8 nitrogen and oxygen atoms in total. The molecule has 8 heteroatoms. The largest absolute Gasteiger partial charge is 0.493 e. The van der Waals surface area contributed by atoms with Crippen molar-refractivity contribution in [3.05, 3.63) is 54.2 Å². The zero-order valence-electron chi connectivity index (χ0n) is 16.4. The Kier molecular flexibility index (Phi) is 5.41. The number of amides is 1. The maximum Gasteiger partial charge on any atom is 0.247 e. The molecule has 29 heavy (non-hydrogen) atoms. The fourth-order valence-electron chi connectivity index (χ4n) is 3.57. The zero-order valence-corrected chi connectivity index (χ0v) is 16.4. The maximum atomic E-state index is 13.0. The molecular formula is C21H22N4O4.